The van der Waals surface area contributed by atoms with Crippen molar-refractivity contribution in [3.63, 3.8) is 0 Å². The molecule has 22 heavy (non-hydrogen) atoms. The number of benzene rings is 1. The molecule has 1 atom stereocenters. The van der Waals surface area contributed by atoms with E-state index in [1.807, 2.05) is 6.07 Å². The minimum Gasteiger partial charge on any atom is -0.488 e. The molecule has 1 aliphatic rings. The number of carbonyl (C=O) groups excluding carboxylic acids is 1. The molecule has 1 heterocycles. The van der Waals surface area contributed by atoms with Crippen LogP contribution in [0.25, 0.3) is 0 Å². The molecule has 0 aromatic heterocycles. The van der Waals surface area contributed by atoms with Gasteiger partial charge in [-0.25, -0.2) is 0 Å². The lowest BCUT2D eigenvalue weighted by Crippen LogP contribution is -2.28. The average molecular weight is 346 g/mol. The van der Waals surface area contributed by atoms with Crippen molar-refractivity contribution in [2.24, 2.45) is 0 Å². The van der Waals surface area contributed by atoms with Crippen LogP contribution in [-0.4, -0.2) is 31.8 Å². The highest BCUT2D eigenvalue weighted by Crippen LogP contribution is 2.25. The fourth-order valence-corrected chi connectivity index (χ4v) is 2.49. The van der Waals surface area contributed by atoms with Gasteiger partial charge in [-0.05, 0) is 37.1 Å². The predicted octanol–water partition coefficient (Wildman–Crippen LogP) is 3.16. The van der Waals surface area contributed by atoms with Gasteiger partial charge < -0.3 is 14.8 Å². The molecule has 0 radical (unpaired) electrons. The highest BCUT2D eigenvalue weighted by molar-refractivity contribution is 6.32. The molecule has 2 rings (SSSR count). The second-order valence-corrected chi connectivity index (χ2v) is 5.42. The first kappa shape index (κ1) is 18.8. The SMILES string of the molecule is C=CCOc1ccc(CC(=O)OCC2CCCN2)cc1Cl.Cl. The van der Waals surface area contributed by atoms with Crippen molar-refractivity contribution in [1.82, 2.24) is 5.32 Å². The molecule has 0 saturated carbocycles. The van der Waals surface area contributed by atoms with Crippen LogP contribution in [0, 0.1) is 0 Å². The van der Waals surface area contributed by atoms with Crippen molar-refractivity contribution in [2.45, 2.75) is 25.3 Å². The van der Waals surface area contributed by atoms with Crippen molar-refractivity contribution in [3.05, 3.63) is 41.4 Å². The third-order valence-corrected chi connectivity index (χ3v) is 3.60. The summed E-state index contributed by atoms with van der Waals surface area (Å²) in [4.78, 5) is 11.8. The van der Waals surface area contributed by atoms with Gasteiger partial charge in [0.2, 0.25) is 0 Å². The van der Waals surface area contributed by atoms with Gasteiger partial charge in [0.15, 0.2) is 0 Å². The zero-order valence-electron chi connectivity index (χ0n) is 12.3. The standard InChI is InChI=1S/C16H20ClNO3.ClH/c1-2-8-20-15-6-5-12(9-14(15)17)10-16(19)21-11-13-4-3-7-18-13;/h2,5-6,9,13,18H,1,3-4,7-8,10-11H2;1H. The first-order chi connectivity index (χ1) is 10.2. The van der Waals surface area contributed by atoms with Crippen molar-refractivity contribution < 1.29 is 14.3 Å². The van der Waals surface area contributed by atoms with Gasteiger partial charge in [-0.15, -0.1) is 12.4 Å². The molecule has 122 valence electrons. The summed E-state index contributed by atoms with van der Waals surface area (Å²) in [6, 6.07) is 5.61. The molecular formula is C16H21Cl2NO3. The molecule has 0 aliphatic carbocycles. The topological polar surface area (TPSA) is 47.6 Å². The Morgan fingerprint density at radius 3 is 2.95 bits per heavy atom. The first-order valence-electron chi connectivity index (χ1n) is 7.10. The summed E-state index contributed by atoms with van der Waals surface area (Å²) in [6.07, 6.45) is 4.07. The van der Waals surface area contributed by atoms with E-state index in [-0.39, 0.29) is 24.8 Å². The summed E-state index contributed by atoms with van der Waals surface area (Å²) >= 11 is 6.11. The molecule has 0 spiro atoms. The maximum atomic E-state index is 11.8. The van der Waals surface area contributed by atoms with Crippen LogP contribution >= 0.6 is 24.0 Å². The Kier molecular flexibility index (Phi) is 8.31. The smallest absolute Gasteiger partial charge is 0.310 e. The number of carbonyl (C=O) groups is 1. The zero-order valence-corrected chi connectivity index (χ0v) is 13.9. The fraction of sp³-hybridized carbons (Fsp3) is 0.438. The van der Waals surface area contributed by atoms with Gasteiger partial charge in [0, 0.05) is 6.04 Å². The quantitative estimate of drug-likeness (QED) is 0.609. The maximum Gasteiger partial charge on any atom is 0.310 e. The van der Waals surface area contributed by atoms with E-state index in [1.54, 1.807) is 18.2 Å². The Balaban J connectivity index is 0.00000242. The molecular weight excluding hydrogens is 325 g/mol. The van der Waals surface area contributed by atoms with E-state index < -0.39 is 0 Å². The van der Waals surface area contributed by atoms with Gasteiger partial charge in [0.25, 0.3) is 0 Å². The molecule has 1 unspecified atom stereocenters. The van der Waals surface area contributed by atoms with E-state index in [2.05, 4.69) is 11.9 Å². The highest BCUT2D eigenvalue weighted by atomic mass is 35.5. The van der Waals surface area contributed by atoms with Crippen LogP contribution in [0.15, 0.2) is 30.9 Å². The average Bonchev–Trinajstić information content (AvgIpc) is 2.98. The number of esters is 1. The van der Waals surface area contributed by atoms with Crippen LogP contribution in [0.5, 0.6) is 5.75 Å². The van der Waals surface area contributed by atoms with Crippen LogP contribution in [0.1, 0.15) is 18.4 Å². The molecule has 1 N–H and O–H groups in total. The van der Waals surface area contributed by atoms with E-state index in [1.165, 1.54) is 0 Å². The minimum atomic E-state index is -0.237. The van der Waals surface area contributed by atoms with Crippen LogP contribution in [0.2, 0.25) is 5.02 Å². The molecule has 1 aromatic carbocycles. The normalized spacial score (nSPS) is 16.7. The number of ether oxygens (including phenoxy) is 2. The summed E-state index contributed by atoms with van der Waals surface area (Å²) < 4.78 is 10.7. The van der Waals surface area contributed by atoms with Crippen molar-refractivity contribution in [3.8, 4) is 5.75 Å². The lowest BCUT2D eigenvalue weighted by atomic mass is 10.1. The second kappa shape index (κ2) is 9.72. The van der Waals surface area contributed by atoms with Crippen molar-refractivity contribution >= 4 is 30.0 Å². The van der Waals surface area contributed by atoms with E-state index in [0.29, 0.717) is 30.0 Å². The van der Waals surface area contributed by atoms with Gasteiger partial charge in [0.05, 0.1) is 11.4 Å². The molecule has 6 heteroatoms. The monoisotopic (exact) mass is 345 g/mol. The van der Waals surface area contributed by atoms with Crippen molar-refractivity contribution in [1.29, 1.82) is 0 Å². The zero-order chi connectivity index (χ0) is 15.1. The van der Waals surface area contributed by atoms with E-state index in [9.17, 15) is 4.79 Å². The summed E-state index contributed by atoms with van der Waals surface area (Å²) in [5.41, 5.74) is 0.815. The number of halogens is 2. The van der Waals surface area contributed by atoms with Gasteiger partial charge >= 0.3 is 5.97 Å². The van der Waals surface area contributed by atoms with Gasteiger partial charge in [0.1, 0.15) is 19.0 Å². The summed E-state index contributed by atoms with van der Waals surface area (Å²) in [6.45, 7) is 5.42. The Hall–Kier alpha value is -1.23. The Labute approximate surface area is 142 Å². The van der Waals surface area contributed by atoms with Crippen molar-refractivity contribution in [2.75, 3.05) is 19.8 Å². The number of nitrogens with one attached hydrogen (secondary N) is 1. The lowest BCUT2D eigenvalue weighted by molar-refractivity contribution is -0.143. The molecule has 1 aromatic rings. The number of rotatable bonds is 7. The number of hydrogen-bond donors (Lipinski definition) is 1. The summed E-state index contributed by atoms with van der Waals surface area (Å²) in [5.74, 6) is 0.350. The Morgan fingerprint density at radius 1 is 1.50 bits per heavy atom. The van der Waals surface area contributed by atoms with E-state index >= 15 is 0 Å². The largest absolute Gasteiger partial charge is 0.488 e. The van der Waals surface area contributed by atoms with E-state index in [4.69, 9.17) is 21.1 Å². The summed E-state index contributed by atoms with van der Waals surface area (Å²) in [7, 11) is 0. The minimum absolute atomic E-state index is 0. The second-order valence-electron chi connectivity index (χ2n) is 5.02. The van der Waals surface area contributed by atoms with Gasteiger partial charge in [-0.1, -0.05) is 30.3 Å². The lowest BCUT2D eigenvalue weighted by Gasteiger charge is -2.11. The van der Waals surface area contributed by atoms with E-state index in [0.717, 1.165) is 24.9 Å². The molecule has 0 bridgehead atoms. The first-order valence-corrected chi connectivity index (χ1v) is 7.48. The third kappa shape index (κ3) is 5.87. The molecule has 4 nitrogen and oxygen atoms in total. The highest BCUT2D eigenvalue weighted by Gasteiger charge is 2.16. The predicted molar refractivity (Wildman–Crippen MR) is 90.1 cm³/mol. The van der Waals surface area contributed by atoms with Crippen LogP contribution < -0.4 is 10.1 Å². The van der Waals surface area contributed by atoms with Crippen LogP contribution in [0.4, 0.5) is 0 Å². The maximum absolute atomic E-state index is 11.8. The van der Waals surface area contributed by atoms with Crippen LogP contribution in [0.3, 0.4) is 0 Å². The van der Waals surface area contributed by atoms with Crippen LogP contribution in [-0.2, 0) is 16.0 Å². The Morgan fingerprint density at radius 2 is 2.32 bits per heavy atom. The molecule has 1 fully saturated rings. The van der Waals surface area contributed by atoms with Gasteiger partial charge in [-0.3, -0.25) is 4.79 Å². The summed E-state index contributed by atoms with van der Waals surface area (Å²) in [5, 5.41) is 3.77. The Bertz CT molecular complexity index is 502. The fourth-order valence-electron chi connectivity index (χ4n) is 2.23. The molecule has 0 amide bonds. The van der Waals surface area contributed by atoms with Gasteiger partial charge in [-0.2, -0.15) is 0 Å². The third-order valence-electron chi connectivity index (χ3n) is 3.31. The molecule has 1 saturated heterocycles. The number of hydrogen-bond acceptors (Lipinski definition) is 4. The molecule has 1 aliphatic heterocycles.